The van der Waals surface area contributed by atoms with E-state index in [0.717, 1.165) is 0 Å². The number of ketones is 1. The first-order valence-corrected chi connectivity index (χ1v) is 10.9. The molecule has 4 rings (SSSR count). The molecule has 1 amide bonds. The molecule has 0 spiro atoms. The van der Waals surface area contributed by atoms with Crippen molar-refractivity contribution in [2.24, 2.45) is 11.7 Å². The highest BCUT2D eigenvalue weighted by Gasteiger charge is 2.60. The lowest BCUT2D eigenvalue weighted by molar-refractivity contribution is -0.146. The third kappa shape index (κ3) is 3.90. The van der Waals surface area contributed by atoms with E-state index < -0.39 is 37.7 Å². The zero-order valence-corrected chi connectivity index (χ0v) is 16.7. The van der Waals surface area contributed by atoms with Gasteiger partial charge in [0.05, 0.1) is 37.7 Å². The number of esters is 1. The Labute approximate surface area is 167 Å². The molecule has 4 aliphatic rings. The number of amides is 1. The number of nitrogens with two attached hydrogens (primary N) is 1. The van der Waals surface area contributed by atoms with Crippen LogP contribution in [0.2, 0.25) is 0 Å². The van der Waals surface area contributed by atoms with Crippen LogP contribution >= 0.6 is 7.82 Å². The fourth-order valence-corrected chi connectivity index (χ4v) is 5.36. The molecule has 0 aromatic carbocycles. The molecule has 0 radical (unpaired) electrons. The number of ether oxygens (including phenoxy) is 2. The van der Waals surface area contributed by atoms with Gasteiger partial charge in [0, 0.05) is 6.20 Å². The van der Waals surface area contributed by atoms with Gasteiger partial charge in [0.15, 0.2) is 12.0 Å². The third-order valence-electron chi connectivity index (χ3n) is 5.47. The van der Waals surface area contributed by atoms with Crippen LogP contribution in [0.25, 0.3) is 0 Å². The van der Waals surface area contributed by atoms with Crippen molar-refractivity contribution in [3.63, 3.8) is 0 Å². The molecule has 4 aliphatic heterocycles. The lowest BCUT2D eigenvalue weighted by Gasteiger charge is -2.38. The second-order valence-electron chi connectivity index (χ2n) is 7.70. The largest absolute Gasteiger partial charge is 0.475 e. The lowest BCUT2D eigenvalue weighted by Crippen LogP contribution is -2.60. The summed E-state index contributed by atoms with van der Waals surface area (Å²) in [7, 11) is -3.92. The molecule has 2 N–H and O–H groups in total. The molecule has 0 aromatic heterocycles. The van der Waals surface area contributed by atoms with Crippen LogP contribution in [0.5, 0.6) is 0 Å². The number of carbonyl (C=O) groups excluding carboxylic acids is 3. The summed E-state index contributed by atoms with van der Waals surface area (Å²) in [6.07, 6.45) is 0.828. The van der Waals surface area contributed by atoms with Gasteiger partial charge in [0.1, 0.15) is 12.2 Å². The quantitative estimate of drug-likeness (QED) is 0.366. The molecule has 160 valence electrons. The second-order valence-corrected chi connectivity index (χ2v) is 9.32. The van der Waals surface area contributed by atoms with E-state index >= 15 is 0 Å². The maximum absolute atomic E-state index is 12.9. The Hall–Kier alpha value is -1.62. The summed E-state index contributed by atoms with van der Waals surface area (Å²) in [4.78, 5) is 36.4. The van der Waals surface area contributed by atoms with Crippen LogP contribution in [0.3, 0.4) is 0 Å². The van der Waals surface area contributed by atoms with Crippen LogP contribution in [0.4, 0.5) is 0 Å². The standard InChI is InChI=1S/C17H23N2O9P/c1-17(18)14-12(27-16(17)19-5-2-11(20)8-13(19)21)9-26-29(23,28-14)25-7-4-10-3-6-24-15(10)22/h2,5,10,12,14,16H,3-4,6-9,18H2,1H3/t10?,12-,14-,16-,17-,29-/m1/s1. The zero-order valence-electron chi connectivity index (χ0n) is 15.9. The number of fused-ring (bicyclic) bond motifs is 1. The Kier molecular flexibility index (Phi) is 5.39. The van der Waals surface area contributed by atoms with Crippen molar-refractivity contribution in [2.45, 2.75) is 50.2 Å². The molecule has 12 heteroatoms. The van der Waals surface area contributed by atoms with E-state index in [9.17, 15) is 18.9 Å². The number of hydrogen-bond donors (Lipinski definition) is 1. The SMILES string of the molecule is C[C@@]1(N)[C@@H]2O[P@](=O)(OCCC3CCOC3=O)OC[C@H]2O[C@H]1N1C=CC(=O)CC1=O. The van der Waals surface area contributed by atoms with E-state index in [2.05, 4.69) is 0 Å². The number of carbonyl (C=O) groups is 3. The van der Waals surface area contributed by atoms with Crippen molar-refractivity contribution in [3.05, 3.63) is 12.3 Å². The van der Waals surface area contributed by atoms with Crippen LogP contribution in [-0.4, -0.2) is 66.4 Å². The number of phosphoric acid groups is 1. The maximum Gasteiger partial charge on any atom is 0.475 e. The van der Waals surface area contributed by atoms with Crippen molar-refractivity contribution in [3.8, 4) is 0 Å². The van der Waals surface area contributed by atoms with E-state index in [-0.39, 0.29) is 37.3 Å². The lowest BCUT2D eigenvalue weighted by atomic mass is 9.92. The maximum atomic E-state index is 12.9. The number of nitrogens with zero attached hydrogens (tertiary/aromatic N) is 1. The molecular formula is C17H23N2O9P. The van der Waals surface area contributed by atoms with Gasteiger partial charge in [-0.25, -0.2) is 4.57 Å². The highest BCUT2D eigenvalue weighted by molar-refractivity contribution is 7.48. The number of hydrogen-bond acceptors (Lipinski definition) is 10. The summed E-state index contributed by atoms with van der Waals surface area (Å²) >= 11 is 0. The Balaban J connectivity index is 1.41. The minimum atomic E-state index is -3.92. The van der Waals surface area contributed by atoms with E-state index in [4.69, 9.17) is 28.8 Å². The predicted molar refractivity (Wildman–Crippen MR) is 94.9 cm³/mol. The summed E-state index contributed by atoms with van der Waals surface area (Å²) in [5, 5.41) is 0. The normalized spacial score (nSPS) is 42.3. The number of phosphoric ester groups is 1. The molecular weight excluding hydrogens is 407 g/mol. The monoisotopic (exact) mass is 430 g/mol. The van der Waals surface area contributed by atoms with E-state index in [1.54, 1.807) is 6.92 Å². The number of allylic oxidation sites excluding steroid dienone is 1. The summed E-state index contributed by atoms with van der Waals surface area (Å²) in [5.74, 6) is -1.33. The molecule has 29 heavy (non-hydrogen) atoms. The molecule has 6 atom stereocenters. The first-order valence-electron chi connectivity index (χ1n) is 9.40. The van der Waals surface area contributed by atoms with Gasteiger partial charge in [-0.3, -0.25) is 32.9 Å². The predicted octanol–water partition coefficient (Wildman–Crippen LogP) is 0.237. The first kappa shape index (κ1) is 20.6. The molecule has 3 saturated heterocycles. The van der Waals surface area contributed by atoms with Crippen LogP contribution in [0.15, 0.2) is 12.3 Å². The van der Waals surface area contributed by atoms with Gasteiger partial charge in [-0.1, -0.05) is 0 Å². The van der Waals surface area contributed by atoms with Gasteiger partial charge in [-0.15, -0.1) is 0 Å². The van der Waals surface area contributed by atoms with Crippen molar-refractivity contribution in [2.75, 3.05) is 19.8 Å². The summed E-state index contributed by atoms with van der Waals surface area (Å²) < 4.78 is 39.8. The van der Waals surface area contributed by atoms with E-state index in [0.29, 0.717) is 19.4 Å². The van der Waals surface area contributed by atoms with Gasteiger partial charge >= 0.3 is 13.8 Å². The van der Waals surface area contributed by atoms with Crippen molar-refractivity contribution >= 4 is 25.5 Å². The number of cyclic esters (lactones) is 1. The molecule has 0 aromatic rings. The zero-order chi connectivity index (χ0) is 20.8. The Morgan fingerprint density at radius 1 is 1.38 bits per heavy atom. The second kappa shape index (κ2) is 7.57. The van der Waals surface area contributed by atoms with Gasteiger partial charge in [-0.05, 0) is 25.8 Å². The molecule has 0 saturated carbocycles. The van der Waals surface area contributed by atoms with Gasteiger partial charge in [0.2, 0.25) is 5.91 Å². The van der Waals surface area contributed by atoms with Crippen LogP contribution < -0.4 is 5.73 Å². The first-order chi connectivity index (χ1) is 13.7. The average Bonchev–Trinajstić information content (AvgIpc) is 3.16. The molecule has 4 heterocycles. The highest BCUT2D eigenvalue weighted by Crippen LogP contribution is 2.57. The average molecular weight is 430 g/mol. The van der Waals surface area contributed by atoms with Crippen molar-refractivity contribution in [1.29, 1.82) is 0 Å². The minimum Gasteiger partial charge on any atom is -0.465 e. The van der Waals surface area contributed by atoms with Crippen LogP contribution in [0, 0.1) is 5.92 Å². The van der Waals surface area contributed by atoms with E-state index in [1.165, 1.54) is 17.2 Å². The van der Waals surface area contributed by atoms with Gasteiger partial charge in [-0.2, -0.15) is 0 Å². The van der Waals surface area contributed by atoms with E-state index in [1.807, 2.05) is 0 Å². The fourth-order valence-electron chi connectivity index (χ4n) is 3.86. The van der Waals surface area contributed by atoms with Gasteiger partial charge in [0.25, 0.3) is 0 Å². The third-order valence-corrected chi connectivity index (χ3v) is 6.92. The van der Waals surface area contributed by atoms with Gasteiger partial charge < -0.3 is 15.2 Å². The van der Waals surface area contributed by atoms with Crippen molar-refractivity contribution < 1.29 is 42.0 Å². The molecule has 0 aliphatic carbocycles. The molecule has 11 nitrogen and oxygen atoms in total. The topological polar surface area (TPSA) is 144 Å². The molecule has 3 fully saturated rings. The molecule has 1 unspecified atom stereocenters. The fraction of sp³-hybridized carbons (Fsp3) is 0.706. The number of rotatable bonds is 5. The smallest absolute Gasteiger partial charge is 0.465 e. The Morgan fingerprint density at radius 3 is 2.86 bits per heavy atom. The van der Waals surface area contributed by atoms with Crippen LogP contribution in [-0.2, 0) is 42.0 Å². The highest BCUT2D eigenvalue weighted by atomic mass is 31.2. The Bertz CT molecular complexity index is 798. The Morgan fingerprint density at radius 2 is 2.17 bits per heavy atom. The summed E-state index contributed by atoms with van der Waals surface area (Å²) in [6.45, 7) is 1.89. The van der Waals surface area contributed by atoms with Crippen LogP contribution in [0.1, 0.15) is 26.2 Å². The summed E-state index contributed by atoms with van der Waals surface area (Å²) in [5.41, 5.74) is 5.18. The molecule has 0 bridgehead atoms. The summed E-state index contributed by atoms with van der Waals surface area (Å²) in [6, 6.07) is 0. The van der Waals surface area contributed by atoms with Crippen molar-refractivity contribution in [1.82, 2.24) is 4.90 Å². The minimum absolute atomic E-state index is 0.00450.